The van der Waals surface area contributed by atoms with Crippen LogP contribution in [0.5, 0.6) is 23.0 Å². The SMILES string of the molecule is COc1ccc(NC(=O)N2CCc3cc(OC)c(OC)cc3[C@H]2c2ccccc2Cl)cc1OC. The zero-order valence-electron chi connectivity index (χ0n) is 19.6. The van der Waals surface area contributed by atoms with Crippen LogP contribution in [0, 0.1) is 0 Å². The number of hydrogen-bond acceptors (Lipinski definition) is 5. The Labute approximate surface area is 204 Å². The van der Waals surface area contributed by atoms with Crippen LogP contribution in [0.4, 0.5) is 10.5 Å². The smallest absolute Gasteiger partial charge is 0.322 e. The van der Waals surface area contributed by atoms with E-state index in [9.17, 15) is 4.79 Å². The second-order valence-corrected chi connectivity index (χ2v) is 8.18. The summed E-state index contributed by atoms with van der Waals surface area (Å²) in [4.78, 5) is 15.3. The molecule has 1 heterocycles. The number of urea groups is 1. The van der Waals surface area contributed by atoms with E-state index in [1.165, 1.54) is 0 Å². The van der Waals surface area contributed by atoms with Gasteiger partial charge in [0.05, 0.1) is 34.5 Å². The molecule has 8 heteroatoms. The number of ether oxygens (including phenoxy) is 4. The Morgan fingerprint density at radius 2 is 1.50 bits per heavy atom. The number of benzene rings is 3. The third kappa shape index (κ3) is 4.43. The van der Waals surface area contributed by atoms with Crippen LogP contribution in [0.1, 0.15) is 22.7 Å². The highest BCUT2D eigenvalue weighted by molar-refractivity contribution is 6.31. The number of nitrogens with zero attached hydrogens (tertiary/aromatic N) is 1. The van der Waals surface area contributed by atoms with Crippen LogP contribution >= 0.6 is 11.6 Å². The van der Waals surface area contributed by atoms with Gasteiger partial charge in [-0.2, -0.15) is 0 Å². The summed E-state index contributed by atoms with van der Waals surface area (Å²) in [6.45, 7) is 0.498. The molecular formula is C26H27ClN2O5. The lowest BCUT2D eigenvalue weighted by Gasteiger charge is -2.38. The highest BCUT2D eigenvalue weighted by Crippen LogP contribution is 2.43. The van der Waals surface area contributed by atoms with Gasteiger partial charge in [0.2, 0.25) is 0 Å². The van der Waals surface area contributed by atoms with Crippen molar-refractivity contribution in [1.29, 1.82) is 0 Å². The van der Waals surface area contributed by atoms with Gasteiger partial charge in [-0.3, -0.25) is 0 Å². The second-order valence-electron chi connectivity index (χ2n) is 7.77. The number of anilines is 1. The van der Waals surface area contributed by atoms with E-state index in [4.69, 9.17) is 30.5 Å². The highest BCUT2D eigenvalue weighted by Gasteiger charge is 2.34. The second kappa shape index (κ2) is 10.1. The summed E-state index contributed by atoms with van der Waals surface area (Å²) >= 11 is 6.61. The Bertz CT molecular complexity index is 1200. The third-order valence-electron chi connectivity index (χ3n) is 5.97. The number of carbonyl (C=O) groups is 1. The van der Waals surface area contributed by atoms with Gasteiger partial charge < -0.3 is 29.2 Å². The molecule has 178 valence electrons. The molecule has 0 aromatic heterocycles. The molecule has 0 saturated heterocycles. The van der Waals surface area contributed by atoms with Gasteiger partial charge >= 0.3 is 6.03 Å². The Balaban J connectivity index is 1.75. The number of hydrogen-bond donors (Lipinski definition) is 1. The van der Waals surface area contributed by atoms with E-state index in [1.807, 2.05) is 36.4 Å². The molecule has 34 heavy (non-hydrogen) atoms. The maximum absolute atomic E-state index is 13.5. The largest absolute Gasteiger partial charge is 0.493 e. The van der Waals surface area contributed by atoms with Crippen molar-refractivity contribution in [2.24, 2.45) is 0 Å². The predicted octanol–water partition coefficient (Wildman–Crippen LogP) is 5.55. The normalized spacial score (nSPS) is 14.7. The summed E-state index contributed by atoms with van der Waals surface area (Å²) < 4.78 is 21.7. The fraction of sp³-hybridized carbons (Fsp3) is 0.269. The maximum Gasteiger partial charge on any atom is 0.322 e. The highest BCUT2D eigenvalue weighted by atomic mass is 35.5. The molecule has 3 aromatic rings. The van der Waals surface area contributed by atoms with Gasteiger partial charge in [0, 0.05) is 23.3 Å². The Morgan fingerprint density at radius 1 is 0.853 bits per heavy atom. The van der Waals surface area contributed by atoms with E-state index in [0.29, 0.717) is 46.7 Å². The minimum Gasteiger partial charge on any atom is -0.493 e. The fourth-order valence-electron chi connectivity index (χ4n) is 4.31. The molecule has 0 unspecified atom stereocenters. The summed E-state index contributed by atoms with van der Waals surface area (Å²) in [6.07, 6.45) is 0.663. The molecule has 0 aliphatic carbocycles. The number of methoxy groups -OCH3 is 4. The standard InChI is InChI=1S/C26H27ClN2O5/c1-31-21-10-9-17(14-23(21)33-3)28-26(30)29-12-11-16-13-22(32-2)24(34-4)15-19(16)25(29)18-7-5-6-8-20(18)27/h5-10,13-15,25H,11-12H2,1-4H3,(H,28,30)/t25-/m1/s1. The lowest BCUT2D eigenvalue weighted by atomic mass is 9.87. The number of amides is 2. The lowest BCUT2D eigenvalue weighted by molar-refractivity contribution is 0.193. The number of rotatable bonds is 6. The zero-order chi connectivity index (χ0) is 24.2. The predicted molar refractivity (Wildman–Crippen MR) is 132 cm³/mol. The number of halogens is 1. The van der Waals surface area contributed by atoms with Crippen LogP contribution in [-0.4, -0.2) is 45.9 Å². The molecule has 0 bridgehead atoms. The van der Waals surface area contributed by atoms with Crippen LogP contribution < -0.4 is 24.3 Å². The molecule has 0 fully saturated rings. The first-order valence-corrected chi connectivity index (χ1v) is 11.2. The maximum atomic E-state index is 13.5. The monoisotopic (exact) mass is 482 g/mol. The Hall–Kier alpha value is -3.58. The van der Waals surface area contributed by atoms with Crippen LogP contribution in [0.3, 0.4) is 0 Å². The van der Waals surface area contributed by atoms with E-state index >= 15 is 0 Å². The van der Waals surface area contributed by atoms with Gasteiger partial charge in [0.15, 0.2) is 23.0 Å². The summed E-state index contributed by atoms with van der Waals surface area (Å²) in [5, 5.41) is 3.57. The molecule has 1 N–H and O–H groups in total. The van der Waals surface area contributed by atoms with Gasteiger partial charge in [-0.25, -0.2) is 4.79 Å². The van der Waals surface area contributed by atoms with Crippen molar-refractivity contribution in [3.63, 3.8) is 0 Å². The number of nitrogens with one attached hydrogen (secondary N) is 1. The first-order chi connectivity index (χ1) is 16.5. The minimum absolute atomic E-state index is 0.252. The van der Waals surface area contributed by atoms with Gasteiger partial charge in [0.1, 0.15) is 0 Å². The quantitative estimate of drug-likeness (QED) is 0.498. The molecule has 7 nitrogen and oxygen atoms in total. The first-order valence-electron chi connectivity index (χ1n) is 10.8. The molecular weight excluding hydrogens is 456 g/mol. The molecule has 4 rings (SSSR count). The third-order valence-corrected chi connectivity index (χ3v) is 6.31. The van der Waals surface area contributed by atoms with Crippen LogP contribution in [0.25, 0.3) is 0 Å². The van der Waals surface area contributed by atoms with Gasteiger partial charge in [-0.05, 0) is 53.4 Å². The van der Waals surface area contributed by atoms with Crippen LogP contribution in [0.2, 0.25) is 5.02 Å². The number of fused-ring (bicyclic) bond motifs is 1. The first kappa shape index (κ1) is 23.6. The molecule has 1 atom stereocenters. The van der Waals surface area contributed by atoms with E-state index < -0.39 is 6.04 Å². The summed E-state index contributed by atoms with van der Waals surface area (Å²) in [7, 11) is 6.33. The van der Waals surface area contributed by atoms with Crippen molar-refractivity contribution >= 4 is 23.3 Å². The Morgan fingerprint density at radius 3 is 2.18 bits per heavy atom. The average Bonchev–Trinajstić information content (AvgIpc) is 2.87. The van der Waals surface area contributed by atoms with E-state index in [2.05, 4.69) is 5.32 Å². The Kier molecular flexibility index (Phi) is 7.03. The van der Waals surface area contributed by atoms with Crippen molar-refractivity contribution in [2.45, 2.75) is 12.5 Å². The number of carbonyl (C=O) groups excluding carboxylic acids is 1. The average molecular weight is 483 g/mol. The molecule has 1 aliphatic rings. The van der Waals surface area contributed by atoms with Crippen LogP contribution in [0.15, 0.2) is 54.6 Å². The van der Waals surface area contributed by atoms with Crippen molar-refractivity contribution in [3.05, 3.63) is 76.3 Å². The molecule has 0 saturated carbocycles. The molecule has 0 radical (unpaired) electrons. The van der Waals surface area contributed by atoms with Gasteiger partial charge in [0.25, 0.3) is 0 Å². The van der Waals surface area contributed by atoms with Crippen molar-refractivity contribution < 1.29 is 23.7 Å². The molecule has 3 aromatic carbocycles. The van der Waals surface area contributed by atoms with Crippen LogP contribution in [-0.2, 0) is 6.42 Å². The fourth-order valence-corrected chi connectivity index (χ4v) is 4.55. The summed E-state index contributed by atoms with van der Waals surface area (Å²) in [5.41, 5.74) is 3.45. The van der Waals surface area contributed by atoms with Crippen molar-refractivity contribution in [3.8, 4) is 23.0 Å². The topological polar surface area (TPSA) is 69.3 Å². The zero-order valence-corrected chi connectivity index (χ0v) is 20.3. The van der Waals surface area contributed by atoms with Crippen molar-refractivity contribution in [1.82, 2.24) is 4.90 Å². The van der Waals surface area contributed by atoms with E-state index in [-0.39, 0.29) is 6.03 Å². The van der Waals surface area contributed by atoms with Gasteiger partial charge in [-0.15, -0.1) is 0 Å². The van der Waals surface area contributed by atoms with Crippen molar-refractivity contribution in [2.75, 3.05) is 40.3 Å². The minimum atomic E-state index is -0.405. The molecule has 0 spiro atoms. The summed E-state index contributed by atoms with van der Waals surface area (Å²) in [6, 6.07) is 16.1. The van der Waals surface area contributed by atoms with E-state index in [0.717, 1.165) is 16.7 Å². The van der Waals surface area contributed by atoms with E-state index in [1.54, 1.807) is 51.5 Å². The molecule has 2 amide bonds. The molecule has 1 aliphatic heterocycles. The lowest BCUT2D eigenvalue weighted by Crippen LogP contribution is -2.43. The summed E-state index contributed by atoms with van der Waals surface area (Å²) in [5.74, 6) is 2.37. The van der Waals surface area contributed by atoms with Gasteiger partial charge in [-0.1, -0.05) is 29.8 Å².